The Morgan fingerprint density at radius 1 is 1.40 bits per heavy atom. The molecule has 1 aliphatic rings. The SMILES string of the molecule is COc1cc(C(C)NCc2cn([C@@H]3COC[C@H]3OC)nn2)ccc1F. The highest BCUT2D eigenvalue weighted by Crippen LogP contribution is 2.23. The number of rotatable bonds is 7. The standard InChI is InChI=1S/C17H23FN4O3/c1-11(12-4-5-14(18)16(6-12)23-2)19-7-13-8-22(21-20-13)15-9-25-10-17(15)24-3/h4-6,8,11,15,17,19H,7,9-10H2,1-3H3/t11?,15-,17-/m1/s1. The minimum atomic E-state index is -0.368. The molecule has 2 heterocycles. The van der Waals surface area contributed by atoms with E-state index >= 15 is 0 Å². The van der Waals surface area contributed by atoms with Crippen LogP contribution < -0.4 is 10.1 Å². The maximum Gasteiger partial charge on any atom is 0.165 e. The predicted octanol–water partition coefficient (Wildman–Crippen LogP) is 1.86. The second-order valence-electron chi connectivity index (χ2n) is 6.07. The molecule has 0 aliphatic carbocycles. The molecule has 3 rings (SSSR count). The third-order valence-electron chi connectivity index (χ3n) is 4.46. The van der Waals surface area contributed by atoms with Crippen LogP contribution in [0.15, 0.2) is 24.4 Å². The van der Waals surface area contributed by atoms with Gasteiger partial charge in [0, 0.05) is 19.7 Å². The Morgan fingerprint density at radius 3 is 3.00 bits per heavy atom. The largest absolute Gasteiger partial charge is 0.494 e. The van der Waals surface area contributed by atoms with Crippen molar-refractivity contribution in [2.75, 3.05) is 27.4 Å². The van der Waals surface area contributed by atoms with Crippen LogP contribution in [0, 0.1) is 5.82 Å². The lowest BCUT2D eigenvalue weighted by atomic mass is 10.1. The highest BCUT2D eigenvalue weighted by atomic mass is 19.1. The van der Waals surface area contributed by atoms with Gasteiger partial charge in [-0.25, -0.2) is 9.07 Å². The Labute approximate surface area is 146 Å². The van der Waals surface area contributed by atoms with Gasteiger partial charge in [0.25, 0.3) is 0 Å². The average molecular weight is 350 g/mol. The maximum absolute atomic E-state index is 13.5. The van der Waals surface area contributed by atoms with Gasteiger partial charge in [-0.05, 0) is 24.6 Å². The van der Waals surface area contributed by atoms with Gasteiger partial charge in [0.15, 0.2) is 11.6 Å². The topological polar surface area (TPSA) is 70.4 Å². The smallest absolute Gasteiger partial charge is 0.165 e. The van der Waals surface area contributed by atoms with Gasteiger partial charge < -0.3 is 19.5 Å². The molecule has 1 saturated heterocycles. The summed E-state index contributed by atoms with van der Waals surface area (Å²) in [4.78, 5) is 0. The first-order valence-electron chi connectivity index (χ1n) is 8.20. The second kappa shape index (κ2) is 7.90. The van der Waals surface area contributed by atoms with Gasteiger partial charge in [-0.2, -0.15) is 0 Å². The molecule has 0 saturated carbocycles. The molecule has 0 radical (unpaired) electrons. The van der Waals surface area contributed by atoms with Crippen LogP contribution >= 0.6 is 0 Å². The van der Waals surface area contributed by atoms with Crippen LogP contribution in [-0.4, -0.2) is 48.5 Å². The van der Waals surface area contributed by atoms with Crippen molar-refractivity contribution in [3.05, 3.63) is 41.5 Å². The monoisotopic (exact) mass is 350 g/mol. The molecule has 0 amide bonds. The van der Waals surface area contributed by atoms with Crippen molar-refractivity contribution >= 4 is 0 Å². The van der Waals surface area contributed by atoms with Crippen LogP contribution in [0.3, 0.4) is 0 Å². The average Bonchev–Trinajstić information content (AvgIpc) is 3.28. The van der Waals surface area contributed by atoms with Gasteiger partial charge >= 0.3 is 0 Å². The minimum absolute atomic E-state index is 0.00638. The molecule has 3 atom stereocenters. The zero-order valence-electron chi connectivity index (χ0n) is 14.6. The van der Waals surface area contributed by atoms with Crippen molar-refractivity contribution < 1.29 is 18.6 Å². The summed E-state index contributed by atoms with van der Waals surface area (Å²) in [5.41, 5.74) is 1.76. The fraction of sp³-hybridized carbons (Fsp3) is 0.529. The van der Waals surface area contributed by atoms with Crippen molar-refractivity contribution in [3.8, 4) is 5.75 Å². The first kappa shape index (κ1) is 17.8. The van der Waals surface area contributed by atoms with Gasteiger partial charge in [0.1, 0.15) is 12.1 Å². The Kier molecular flexibility index (Phi) is 5.62. The molecule has 8 heteroatoms. The van der Waals surface area contributed by atoms with Crippen LogP contribution in [0.1, 0.15) is 30.3 Å². The molecule has 0 spiro atoms. The summed E-state index contributed by atoms with van der Waals surface area (Å²) in [7, 11) is 3.13. The quantitative estimate of drug-likeness (QED) is 0.822. The molecule has 1 aliphatic heterocycles. The van der Waals surface area contributed by atoms with E-state index < -0.39 is 0 Å². The van der Waals surface area contributed by atoms with Crippen molar-refractivity contribution in [3.63, 3.8) is 0 Å². The molecule has 2 aromatic rings. The molecule has 1 unspecified atom stereocenters. The molecule has 7 nitrogen and oxygen atoms in total. The fourth-order valence-electron chi connectivity index (χ4n) is 2.87. The highest BCUT2D eigenvalue weighted by Gasteiger charge is 2.30. The number of benzene rings is 1. The zero-order valence-corrected chi connectivity index (χ0v) is 14.6. The number of methoxy groups -OCH3 is 2. The number of halogens is 1. The zero-order chi connectivity index (χ0) is 17.8. The Morgan fingerprint density at radius 2 is 2.24 bits per heavy atom. The van der Waals surface area contributed by atoms with Gasteiger partial charge in [0.05, 0.1) is 32.2 Å². The molecule has 1 fully saturated rings. The van der Waals surface area contributed by atoms with Gasteiger partial charge in [-0.3, -0.25) is 0 Å². The fourth-order valence-corrected chi connectivity index (χ4v) is 2.87. The van der Waals surface area contributed by atoms with E-state index in [0.717, 1.165) is 11.3 Å². The molecule has 0 bridgehead atoms. The van der Waals surface area contributed by atoms with Crippen molar-refractivity contribution in [1.29, 1.82) is 0 Å². The summed E-state index contributed by atoms with van der Waals surface area (Å²) in [5, 5.41) is 11.7. The number of ether oxygens (including phenoxy) is 3. The number of hydrogen-bond donors (Lipinski definition) is 1. The third-order valence-corrected chi connectivity index (χ3v) is 4.46. The lowest BCUT2D eigenvalue weighted by molar-refractivity contribution is 0.0661. The van der Waals surface area contributed by atoms with E-state index in [2.05, 4.69) is 15.6 Å². The molecular formula is C17H23FN4O3. The summed E-state index contributed by atoms with van der Waals surface area (Å²) in [5.74, 6) is -0.128. The Bertz CT molecular complexity index is 709. The lowest BCUT2D eigenvalue weighted by Crippen LogP contribution is -2.24. The van der Waals surface area contributed by atoms with Crippen LogP contribution in [0.2, 0.25) is 0 Å². The van der Waals surface area contributed by atoms with E-state index in [9.17, 15) is 4.39 Å². The van der Waals surface area contributed by atoms with E-state index in [1.54, 1.807) is 23.9 Å². The van der Waals surface area contributed by atoms with E-state index in [4.69, 9.17) is 14.2 Å². The predicted molar refractivity (Wildman–Crippen MR) is 88.9 cm³/mol. The first-order chi connectivity index (χ1) is 12.1. The van der Waals surface area contributed by atoms with Crippen molar-refractivity contribution in [1.82, 2.24) is 20.3 Å². The number of aromatic nitrogens is 3. The first-order valence-corrected chi connectivity index (χ1v) is 8.20. The van der Waals surface area contributed by atoms with Gasteiger partial charge in [0.2, 0.25) is 0 Å². The van der Waals surface area contributed by atoms with Crippen LogP contribution in [-0.2, 0) is 16.0 Å². The summed E-state index contributed by atoms with van der Waals surface area (Å²) < 4.78 is 31.2. The normalized spacial score (nSPS) is 21.4. The van der Waals surface area contributed by atoms with E-state index in [1.165, 1.54) is 13.2 Å². The summed E-state index contributed by atoms with van der Waals surface area (Å²) in [6.07, 6.45) is 1.89. The lowest BCUT2D eigenvalue weighted by Gasteiger charge is -2.15. The third kappa shape index (κ3) is 3.97. The van der Waals surface area contributed by atoms with Gasteiger partial charge in [-0.1, -0.05) is 11.3 Å². The summed E-state index contributed by atoms with van der Waals surface area (Å²) in [6.45, 7) is 3.69. The highest BCUT2D eigenvalue weighted by molar-refractivity contribution is 5.31. The molecule has 1 aromatic carbocycles. The van der Waals surface area contributed by atoms with Gasteiger partial charge in [-0.15, -0.1) is 5.10 Å². The summed E-state index contributed by atoms with van der Waals surface area (Å²) in [6, 6.07) is 4.91. The number of hydrogen-bond acceptors (Lipinski definition) is 6. The Balaban J connectivity index is 1.60. The van der Waals surface area contributed by atoms with Crippen molar-refractivity contribution in [2.24, 2.45) is 0 Å². The molecule has 1 aromatic heterocycles. The molecule has 25 heavy (non-hydrogen) atoms. The van der Waals surface area contributed by atoms with E-state index in [1.807, 2.05) is 13.1 Å². The van der Waals surface area contributed by atoms with Crippen molar-refractivity contribution in [2.45, 2.75) is 31.7 Å². The van der Waals surface area contributed by atoms with Crippen LogP contribution in [0.4, 0.5) is 4.39 Å². The molecule has 1 N–H and O–H groups in total. The second-order valence-corrected chi connectivity index (χ2v) is 6.07. The van der Waals surface area contributed by atoms with E-state index in [-0.39, 0.29) is 29.8 Å². The molecular weight excluding hydrogens is 327 g/mol. The number of nitrogens with one attached hydrogen (secondary N) is 1. The Hall–Kier alpha value is -2.03. The summed E-state index contributed by atoms with van der Waals surface area (Å²) >= 11 is 0. The van der Waals surface area contributed by atoms with Crippen LogP contribution in [0.25, 0.3) is 0 Å². The number of nitrogens with zero attached hydrogens (tertiary/aromatic N) is 3. The minimum Gasteiger partial charge on any atom is -0.494 e. The van der Waals surface area contributed by atoms with Crippen LogP contribution in [0.5, 0.6) is 5.75 Å². The van der Waals surface area contributed by atoms with E-state index in [0.29, 0.717) is 19.8 Å². The molecule has 136 valence electrons. The maximum atomic E-state index is 13.5.